The summed E-state index contributed by atoms with van der Waals surface area (Å²) in [6.45, 7) is 3.57. The molecule has 0 bridgehead atoms. The van der Waals surface area contributed by atoms with Crippen LogP contribution in [0, 0.1) is 5.82 Å². The summed E-state index contributed by atoms with van der Waals surface area (Å²) in [5.41, 5.74) is 0.706. The summed E-state index contributed by atoms with van der Waals surface area (Å²) in [5, 5.41) is 3.18. The minimum absolute atomic E-state index is 0. The van der Waals surface area contributed by atoms with Gasteiger partial charge in [-0.1, -0.05) is 25.5 Å². The molecule has 1 aliphatic rings. The summed E-state index contributed by atoms with van der Waals surface area (Å²) in [7, 11) is -3.28. The molecule has 0 saturated carbocycles. The molecule has 1 unspecified atom stereocenters. The smallest absolute Gasteiger partial charge is 0.214 e. The van der Waals surface area contributed by atoms with Crippen LogP contribution in [0.4, 0.5) is 4.39 Å². The van der Waals surface area contributed by atoms with E-state index in [-0.39, 0.29) is 30.0 Å². The van der Waals surface area contributed by atoms with Crippen molar-refractivity contribution in [3.8, 4) is 0 Å². The molecule has 0 aromatic heterocycles. The summed E-state index contributed by atoms with van der Waals surface area (Å²) in [6.07, 6.45) is 1.50. The van der Waals surface area contributed by atoms with Gasteiger partial charge in [-0.3, -0.25) is 0 Å². The number of unbranched alkanes of at least 4 members (excludes halogenated alkanes) is 1. The minimum Gasteiger partial charge on any atom is -0.313 e. The second-order valence-corrected chi connectivity index (χ2v) is 7.10. The number of nitrogens with zero attached hydrogens (tertiary/aromatic N) is 1. The Morgan fingerprint density at radius 3 is 2.86 bits per heavy atom. The van der Waals surface area contributed by atoms with E-state index in [2.05, 4.69) is 5.32 Å². The van der Waals surface area contributed by atoms with Gasteiger partial charge in [0.05, 0.1) is 11.8 Å². The van der Waals surface area contributed by atoms with E-state index in [1.807, 2.05) is 6.92 Å². The van der Waals surface area contributed by atoms with Gasteiger partial charge in [0.25, 0.3) is 0 Å². The fourth-order valence-corrected chi connectivity index (χ4v) is 4.30. The SMILES string of the molecule is CCCCS(=O)(=O)N1CCNCC1c1cccc(F)c1.Cl. The Bertz CT molecular complexity index is 554. The Hall–Kier alpha value is -0.690. The Kier molecular flexibility index (Phi) is 7.06. The maximum Gasteiger partial charge on any atom is 0.214 e. The van der Waals surface area contributed by atoms with Gasteiger partial charge in [0, 0.05) is 19.6 Å². The first-order valence-electron chi connectivity index (χ1n) is 7.00. The number of piperazine rings is 1. The van der Waals surface area contributed by atoms with Crippen LogP contribution in [-0.2, 0) is 10.0 Å². The van der Waals surface area contributed by atoms with Crippen molar-refractivity contribution in [1.82, 2.24) is 9.62 Å². The Morgan fingerprint density at radius 2 is 2.19 bits per heavy atom. The molecule has 21 heavy (non-hydrogen) atoms. The van der Waals surface area contributed by atoms with Crippen LogP contribution in [-0.4, -0.2) is 38.1 Å². The fourth-order valence-electron chi connectivity index (χ4n) is 2.46. The molecule has 7 heteroatoms. The highest BCUT2D eigenvalue weighted by Crippen LogP contribution is 2.26. The average molecular weight is 337 g/mol. The maximum atomic E-state index is 13.4. The molecule has 2 rings (SSSR count). The number of sulfonamides is 1. The Labute approximate surface area is 132 Å². The van der Waals surface area contributed by atoms with E-state index < -0.39 is 10.0 Å². The molecule has 0 amide bonds. The molecule has 0 spiro atoms. The van der Waals surface area contributed by atoms with Crippen molar-refractivity contribution in [3.63, 3.8) is 0 Å². The van der Waals surface area contributed by atoms with E-state index >= 15 is 0 Å². The van der Waals surface area contributed by atoms with Crippen LogP contribution in [0.1, 0.15) is 31.4 Å². The van der Waals surface area contributed by atoms with Gasteiger partial charge < -0.3 is 5.32 Å². The van der Waals surface area contributed by atoms with E-state index in [1.54, 1.807) is 12.1 Å². The van der Waals surface area contributed by atoms with E-state index in [1.165, 1.54) is 16.4 Å². The zero-order chi connectivity index (χ0) is 14.6. The first-order valence-corrected chi connectivity index (χ1v) is 8.61. The Morgan fingerprint density at radius 1 is 1.43 bits per heavy atom. The summed E-state index contributed by atoms with van der Waals surface area (Å²) < 4.78 is 39.7. The molecule has 0 radical (unpaired) electrons. The highest BCUT2D eigenvalue weighted by atomic mass is 35.5. The monoisotopic (exact) mass is 336 g/mol. The van der Waals surface area contributed by atoms with E-state index in [4.69, 9.17) is 0 Å². The lowest BCUT2D eigenvalue weighted by molar-refractivity contribution is 0.271. The summed E-state index contributed by atoms with van der Waals surface area (Å²) in [4.78, 5) is 0. The maximum absolute atomic E-state index is 13.4. The van der Waals surface area contributed by atoms with Crippen LogP contribution >= 0.6 is 12.4 Å². The van der Waals surface area contributed by atoms with Gasteiger partial charge in [-0.15, -0.1) is 12.4 Å². The number of halogens is 2. The number of rotatable bonds is 5. The minimum atomic E-state index is -3.28. The molecule has 1 heterocycles. The van der Waals surface area contributed by atoms with Crippen molar-refractivity contribution in [3.05, 3.63) is 35.6 Å². The lowest BCUT2D eigenvalue weighted by Gasteiger charge is -2.35. The van der Waals surface area contributed by atoms with Gasteiger partial charge in [-0.2, -0.15) is 4.31 Å². The molecule has 1 aromatic carbocycles. The molecule has 1 aromatic rings. The summed E-state index contributed by atoms with van der Waals surface area (Å²) in [5.74, 6) is -0.172. The van der Waals surface area contributed by atoms with Crippen LogP contribution in [0.2, 0.25) is 0 Å². The zero-order valence-electron chi connectivity index (χ0n) is 12.1. The molecule has 1 atom stereocenters. The van der Waals surface area contributed by atoms with E-state index in [0.29, 0.717) is 31.6 Å². The van der Waals surface area contributed by atoms with Crippen LogP contribution in [0.3, 0.4) is 0 Å². The first-order chi connectivity index (χ1) is 9.54. The van der Waals surface area contributed by atoms with Crippen molar-refractivity contribution in [2.45, 2.75) is 25.8 Å². The molecular weight excluding hydrogens is 315 g/mol. The fraction of sp³-hybridized carbons (Fsp3) is 0.571. The number of hydrogen-bond donors (Lipinski definition) is 1. The highest BCUT2D eigenvalue weighted by Gasteiger charge is 2.32. The van der Waals surface area contributed by atoms with Crippen molar-refractivity contribution in [1.29, 1.82) is 0 Å². The first kappa shape index (κ1) is 18.4. The van der Waals surface area contributed by atoms with Crippen molar-refractivity contribution in [2.24, 2.45) is 0 Å². The molecule has 0 aliphatic carbocycles. The number of nitrogens with one attached hydrogen (secondary N) is 1. The third-order valence-corrected chi connectivity index (χ3v) is 5.50. The predicted octanol–water partition coefficient (Wildman–Crippen LogP) is 2.32. The Balaban J connectivity index is 0.00000220. The van der Waals surface area contributed by atoms with Crippen molar-refractivity contribution < 1.29 is 12.8 Å². The third-order valence-electron chi connectivity index (χ3n) is 3.54. The summed E-state index contributed by atoms with van der Waals surface area (Å²) in [6, 6.07) is 5.87. The van der Waals surface area contributed by atoms with E-state index in [0.717, 1.165) is 6.42 Å². The molecule has 1 saturated heterocycles. The topological polar surface area (TPSA) is 49.4 Å². The normalized spacial score (nSPS) is 20.0. The van der Waals surface area contributed by atoms with Crippen LogP contribution in [0.5, 0.6) is 0 Å². The largest absolute Gasteiger partial charge is 0.313 e. The third kappa shape index (κ3) is 4.64. The van der Waals surface area contributed by atoms with Gasteiger partial charge in [0.2, 0.25) is 10.0 Å². The molecular formula is C14H22ClFN2O2S. The molecule has 1 fully saturated rings. The molecule has 1 aliphatic heterocycles. The van der Waals surface area contributed by atoms with Crippen LogP contribution in [0.15, 0.2) is 24.3 Å². The van der Waals surface area contributed by atoms with E-state index in [9.17, 15) is 12.8 Å². The van der Waals surface area contributed by atoms with Crippen LogP contribution in [0.25, 0.3) is 0 Å². The molecule has 1 N–H and O–H groups in total. The van der Waals surface area contributed by atoms with Gasteiger partial charge in [-0.05, 0) is 24.1 Å². The average Bonchev–Trinajstić information content (AvgIpc) is 2.45. The summed E-state index contributed by atoms with van der Waals surface area (Å²) >= 11 is 0. The van der Waals surface area contributed by atoms with Gasteiger partial charge in [0.1, 0.15) is 5.82 Å². The van der Waals surface area contributed by atoms with Crippen molar-refractivity contribution in [2.75, 3.05) is 25.4 Å². The highest BCUT2D eigenvalue weighted by molar-refractivity contribution is 7.89. The number of hydrogen-bond acceptors (Lipinski definition) is 3. The van der Waals surface area contributed by atoms with Gasteiger partial charge in [0.15, 0.2) is 0 Å². The van der Waals surface area contributed by atoms with Gasteiger partial charge >= 0.3 is 0 Å². The lowest BCUT2D eigenvalue weighted by Crippen LogP contribution is -2.49. The zero-order valence-corrected chi connectivity index (χ0v) is 13.7. The molecule has 4 nitrogen and oxygen atoms in total. The van der Waals surface area contributed by atoms with Crippen molar-refractivity contribution >= 4 is 22.4 Å². The second kappa shape index (κ2) is 8.08. The standard InChI is InChI=1S/C14H21FN2O2S.ClH/c1-2-3-9-20(18,19)17-8-7-16-11-14(17)12-5-4-6-13(15)10-12;/h4-6,10,14,16H,2-3,7-9,11H2,1H3;1H. The lowest BCUT2D eigenvalue weighted by atomic mass is 10.1. The molecule has 120 valence electrons. The van der Waals surface area contributed by atoms with Crippen LogP contribution < -0.4 is 5.32 Å². The quantitative estimate of drug-likeness (QED) is 0.897. The number of benzene rings is 1. The predicted molar refractivity (Wildman–Crippen MR) is 84.7 cm³/mol. The van der Waals surface area contributed by atoms with Gasteiger partial charge in [-0.25, -0.2) is 12.8 Å². The second-order valence-electron chi connectivity index (χ2n) is 5.06.